The maximum atomic E-state index is 4.34. The number of hydrogen-bond acceptors (Lipinski definition) is 6. The van der Waals surface area contributed by atoms with E-state index < -0.39 is 0 Å². The second-order valence-corrected chi connectivity index (χ2v) is 5.72. The molecule has 0 unspecified atom stereocenters. The van der Waals surface area contributed by atoms with Gasteiger partial charge in [-0.15, -0.1) is 11.3 Å². The quantitative estimate of drug-likeness (QED) is 0.604. The molecule has 0 atom stereocenters. The third kappa shape index (κ3) is 2.13. The summed E-state index contributed by atoms with van der Waals surface area (Å²) < 4.78 is 2.93. The summed E-state index contributed by atoms with van der Waals surface area (Å²) in [5.74, 6) is 0. The van der Waals surface area contributed by atoms with Gasteiger partial charge in [0.05, 0.1) is 28.1 Å². The summed E-state index contributed by atoms with van der Waals surface area (Å²) in [4.78, 5) is 4.34. The first kappa shape index (κ1) is 13.0. The number of pyridine rings is 1. The summed E-state index contributed by atoms with van der Waals surface area (Å²) in [5.41, 5.74) is 4.65. The molecule has 0 aliphatic heterocycles. The van der Waals surface area contributed by atoms with Crippen molar-refractivity contribution in [1.82, 2.24) is 30.2 Å². The molecule has 4 aromatic rings. The number of aromatic nitrogens is 6. The van der Waals surface area contributed by atoms with Gasteiger partial charge in [0.15, 0.2) is 0 Å². The van der Waals surface area contributed by atoms with Gasteiger partial charge in [0.1, 0.15) is 11.4 Å². The van der Waals surface area contributed by atoms with E-state index >= 15 is 0 Å². The van der Waals surface area contributed by atoms with Crippen LogP contribution in [0.1, 0.15) is 5.69 Å². The molecular formula is C14H13N7S. The SMILES string of the molecule is Cn1nccc1-c1n[nH]nc1CNc1ccnc2ccsc12. The standard InChI is InChI=1S/C14H13N7S/c1-21-12(3-6-17-21)13-11(18-20-19-13)8-16-9-2-5-15-10-4-7-22-14(9)10/h2-7H,8H2,1H3,(H,15,16)(H,18,19,20). The summed E-state index contributed by atoms with van der Waals surface area (Å²) in [7, 11) is 1.89. The van der Waals surface area contributed by atoms with E-state index in [-0.39, 0.29) is 0 Å². The van der Waals surface area contributed by atoms with Gasteiger partial charge in [0.2, 0.25) is 0 Å². The summed E-state index contributed by atoms with van der Waals surface area (Å²) in [5, 5.41) is 20.8. The van der Waals surface area contributed by atoms with Crippen molar-refractivity contribution < 1.29 is 0 Å². The Bertz CT molecular complexity index is 920. The lowest BCUT2D eigenvalue weighted by Crippen LogP contribution is -2.03. The molecule has 0 amide bonds. The van der Waals surface area contributed by atoms with Crippen LogP contribution in [0.25, 0.3) is 21.6 Å². The van der Waals surface area contributed by atoms with Gasteiger partial charge in [0.25, 0.3) is 0 Å². The van der Waals surface area contributed by atoms with Crippen molar-refractivity contribution in [2.45, 2.75) is 6.54 Å². The van der Waals surface area contributed by atoms with Crippen LogP contribution in [0.15, 0.2) is 36.0 Å². The number of anilines is 1. The molecule has 22 heavy (non-hydrogen) atoms. The Morgan fingerprint density at radius 1 is 1.23 bits per heavy atom. The van der Waals surface area contributed by atoms with E-state index in [1.54, 1.807) is 22.2 Å². The number of fused-ring (bicyclic) bond motifs is 1. The number of H-pyrrole nitrogens is 1. The van der Waals surface area contributed by atoms with Gasteiger partial charge in [-0.05, 0) is 23.6 Å². The highest BCUT2D eigenvalue weighted by molar-refractivity contribution is 7.17. The number of aromatic amines is 1. The van der Waals surface area contributed by atoms with E-state index in [1.165, 1.54) is 0 Å². The Kier molecular flexibility index (Phi) is 3.08. The maximum Gasteiger partial charge on any atom is 0.135 e. The maximum absolute atomic E-state index is 4.34. The number of rotatable bonds is 4. The Balaban J connectivity index is 1.62. The number of thiophene rings is 1. The Labute approximate surface area is 130 Å². The van der Waals surface area contributed by atoms with Gasteiger partial charge >= 0.3 is 0 Å². The zero-order valence-electron chi connectivity index (χ0n) is 11.8. The van der Waals surface area contributed by atoms with Gasteiger partial charge in [-0.3, -0.25) is 9.67 Å². The predicted octanol–water partition coefficient (Wildman–Crippen LogP) is 2.43. The normalized spacial score (nSPS) is 11.1. The van der Waals surface area contributed by atoms with Crippen molar-refractivity contribution in [2.24, 2.45) is 7.05 Å². The van der Waals surface area contributed by atoms with Crippen LogP contribution in [-0.4, -0.2) is 30.2 Å². The minimum atomic E-state index is 0.577. The molecule has 4 rings (SSSR count). The molecule has 0 fully saturated rings. The van der Waals surface area contributed by atoms with Gasteiger partial charge in [0, 0.05) is 19.4 Å². The van der Waals surface area contributed by atoms with Crippen molar-refractivity contribution >= 4 is 27.2 Å². The Morgan fingerprint density at radius 2 is 2.18 bits per heavy atom. The van der Waals surface area contributed by atoms with Crippen LogP contribution < -0.4 is 5.32 Å². The summed E-state index contributed by atoms with van der Waals surface area (Å²) in [6.45, 7) is 0.577. The molecule has 0 aliphatic carbocycles. The Morgan fingerprint density at radius 3 is 3.05 bits per heavy atom. The number of nitrogens with zero attached hydrogens (tertiary/aromatic N) is 5. The van der Waals surface area contributed by atoms with E-state index in [9.17, 15) is 0 Å². The van der Waals surface area contributed by atoms with Crippen molar-refractivity contribution in [3.05, 3.63) is 41.7 Å². The van der Waals surface area contributed by atoms with Crippen LogP contribution in [0.2, 0.25) is 0 Å². The second kappa shape index (κ2) is 5.23. The minimum Gasteiger partial charge on any atom is -0.378 e. The molecule has 110 valence electrons. The molecule has 0 bridgehead atoms. The van der Waals surface area contributed by atoms with Crippen LogP contribution in [0.5, 0.6) is 0 Å². The Hall–Kier alpha value is -2.74. The summed E-state index contributed by atoms with van der Waals surface area (Å²) >= 11 is 1.67. The van der Waals surface area contributed by atoms with Gasteiger partial charge in [-0.2, -0.15) is 20.5 Å². The van der Waals surface area contributed by atoms with Crippen LogP contribution >= 0.6 is 11.3 Å². The first-order valence-electron chi connectivity index (χ1n) is 6.77. The summed E-state index contributed by atoms with van der Waals surface area (Å²) in [6, 6.07) is 5.91. The first-order chi connectivity index (χ1) is 10.8. The highest BCUT2D eigenvalue weighted by Crippen LogP contribution is 2.27. The highest BCUT2D eigenvalue weighted by atomic mass is 32.1. The molecule has 4 heterocycles. The van der Waals surface area contributed by atoms with Crippen LogP contribution in [0.3, 0.4) is 0 Å². The van der Waals surface area contributed by atoms with E-state index in [1.807, 2.05) is 36.8 Å². The topological polar surface area (TPSA) is 84.3 Å². The third-order valence-electron chi connectivity index (χ3n) is 3.47. The van der Waals surface area contributed by atoms with Gasteiger partial charge in [-0.1, -0.05) is 0 Å². The molecular weight excluding hydrogens is 298 g/mol. The lowest BCUT2D eigenvalue weighted by atomic mass is 10.2. The number of nitrogens with one attached hydrogen (secondary N) is 2. The van der Waals surface area contributed by atoms with Crippen LogP contribution in [-0.2, 0) is 13.6 Å². The number of aryl methyl sites for hydroxylation is 1. The molecule has 0 saturated carbocycles. The lowest BCUT2D eigenvalue weighted by molar-refractivity contribution is 0.772. The van der Waals surface area contributed by atoms with E-state index in [2.05, 4.69) is 30.8 Å². The molecule has 0 saturated heterocycles. The highest BCUT2D eigenvalue weighted by Gasteiger charge is 2.13. The fraction of sp³-hybridized carbons (Fsp3) is 0.143. The van der Waals surface area contributed by atoms with Crippen molar-refractivity contribution in [2.75, 3.05) is 5.32 Å². The van der Waals surface area contributed by atoms with E-state index in [0.717, 1.165) is 33.0 Å². The first-order valence-corrected chi connectivity index (χ1v) is 7.65. The van der Waals surface area contributed by atoms with Gasteiger partial charge < -0.3 is 5.32 Å². The fourth-order valence-electron chi connectivity index (χ4n) is 2.38. The largest absolute Gasteiger partial charge is 0.378 e. The lowest BCUT2D eigenvalue weighted by Gasteiger charge is -2.06. The number of hydrogen-bond donors (Lipinski definition) is 2. The molecule has 8 heteroatoms. The molecule has 0 radical (unpaired) electrons. The monoisotopic (exact) mass is 311 g/mol. The molecule has 0 aliphatic rings. The molecule has 0 spiro atoms. The smallest absolute Gasteiger partial charge is 0.135 e. The molecule has 4 aromatic heterocycles. The summed E-state index contributed by atoms with van der Waals surface area (Å²) in [6.07, 6.45) is 3.56. The van der Waals surface area contributed by atoms with E-state index in [4.69, 9.17) is 0 Å². The van der Waals surface area contributed by atoms with Crippen LogP contribution in [0.4, 0.5) is 5.69 Å². The fourth-order valence-corrected chi connectivity index (χ4v) is 3.22. The average Bonchev–Trinajstić information content (AvgIpc) is 3.24. The predicted molar refractivity (Wildman–Crippen MR) is 85.5 cm³/mol. The van der Waals surface area contributed by atoms with Gasteiger partial charge in [-0.25, -0.2) is 0 Å². The molecule has 2 N–H and O–H groups in total. The molecule has 7 nitrogen and oxygen atoms in total. The third-order valence-corrected chi connectivity index (χ3v) is 4.41. The zero-order chi connectivity index (χ0) is 14.9. The average molecular weight is 311 g/mol. The van der Waals surface area contributed by atoms with Crippen LogP contribution in [0, 0.1) is 0 Å². The van der Waals surface area contributed by atoms with Crippen molar-refractivity contribution in [3.8, 4) is 11.4 Å². The van der Waals surface area contributed by atoms with E-state index in [0.29, 0.717) is 6.54 Å². The molecule has 0 aromatic carbocycles. The van der Waals surface area contributed by atoms with Crippen molar-refractivity contribution in [1.29, 1.82) is 0 Å². The zero-order valence-corrected chi connectivity index (χ0v) is 12.6. The van der Waals surface area contributed by atoms with Crippen molar-refractivity contribution in [3.63, 3.8) is 0 Å². The minimum absolute atomic E-state index is 0.577. The second-order valence-electron chi connectivity index (χ2n) is 4.81.